The summed E-state index contributed by atoms with van der Waals surface area (Å²) in [6.07, 6.45) is 2.37. The summed E-state index contributed by atoms with van der Waals surface area (Å²) in [7, 11) is 0. The molecule has 0 aliphatic carbocycles. The third-order valence-electron chi connectivity index (χ3n) is 6.11. The van der Waals surface area contributed by atoms with Gasteiger partial charge in [0.05, 0.1) is 0 Å². The zero-order valence-electron chi connectivity index (χ0n) is 15.2. The van der Waals surface area contributed by atoms with Crippen LogP contribution in [0.1, 0.15) is 24.8 Å². The summed E-state index contributed by atoms with van der Waals surface area (Å²) in [4.78, 5) is 15.5. The second kappa shape index (κ2) is 7.64. The van der Waals surface area contributed by atoms with Crippen LogP contribution < -0.4 is 10.6 Å². The highest BCUT2D eigenvalue weighted by Crippen LogP contribution is 2.34. The van der Waals surface area contributed by atoms with Crippen LogP contribution in [0.25, 0.3) is 0 Å². The lowest BCUT2D eigenvalue weighted by Crippen LogP contribution is -2.55. The molecule has 6 heteroatoms. The van der Waals surface area contributed by atoms with Crippen LogP contribution in [0.5, 0.6) is 0 Å². The third-order valence-corrected chi connectivity index (χ3v) is 6.11. The Hall–Kier alpha value is -1.47. The quantitative estimate of drug-likeness (QED) is 0.664. The highest BCUT2D eigenvalue weighted by atomic mass is 16.6. The number of carbonyl (C=O) groups excluding carboxylic acids is 1. The summed E-state index contributed by atoms with van der Waals surface area (Å²) >= 11 is 0. The maximum atomic E-state index is 13.1. The van der Waals surface area contributed by atoms with Crippen molar-refractivity contribution in [2.24, 2.45) is 5.92 Å². The molecule has 142 valence electrons. The van der Waals surface area contributed by atoms with Crippen molar-refractivity contribution < 1.29 is 14.6 Å². The monoisotopic (exact) mass is 359 g/mol. The second-order valence-corrected chi connectivity index (χ2v) is 7.87. The first-order valence-electron chi connectivity index (χ1n) is 9.80. The Labute approximate surface area is 154 Å². The number of fused-ring (bicyclic) bond motifs is 3. The molecule has 1 aromatic carbocycles. The van der Waals surface area contributed by atoms with E-state index in [0.29, 0.717) is 17.9 Å². The number of nitrogens with zero attached hydrogens (tertiary/aromatic N) is 1. The van der Waals surface area contributed by atoms with E-state index in [1.165, 1.54) is 0 Å². The van der Waals surface area contributed by atoms with Gasteiger partial charge in [-0.25, -0.2) is 4.79 Å². The highest BCUT2D eigenvalue weighted by molar-refractivity contribution is 5.81. The fourth-order valence-electron chi connectivity index (χ4n) is 4.53. The maximum Gasteiger partial charge on any atom is 0.343 e. The first-order chi connectivity index (χ1) is 12.6. The largest absolute Gasteiger partial charge is 0.458 e. The minimum Gasteiger partial charge on any atom is -0.458 e. The van der Waals surface area contributed by atoms with E-state index in [1.54, 1.807) is 0 Å². The predicted octanol–water partition coefficient (Wildman–Crippen LogP) is 0.463. The Kier molecular flexibility index (Phi) is 5.27. The Bertz CT molecular complexity index is 612. The van der Waals surface area contributed by atoms with Gasteiger partial charge in [-0.05, 0) is 37.4 Å². The molecule has 26 heavy (non-hydrogen) atoms. The van der Waals surface area contributed by atoms with Crippen LogP contribution in [0.15, 0.2) is 30.3 Å². The van der Waals surface area contributed by atoms with Gasteiger partial charge in [0.25, 0.3) is 0 Å². The maximum absolute atomic E-state index is 13.1. The summed E-state index contributed by atoms with van der Waals surface area (Å²) in [5.41, 5.74) is -1.01. The first-order valence-corrected chi connectivity index (χ1v) is 9.80. The lowest BCUT2D eigenvalue weighted by Gasteiger charge is -2.45. The predicted molar refractivity (Wildman–Crippen MR) is 98.7 cm³/mol. The van der Waals surface area contributed by atoms with Crippen molar-refractivity contribution >= 4 is 5.97 Å². The molecule has 3 atom stereocenters. The van der Waals surface area contributed by atoms with Gasteiger partial charge in [0.1, 0.15) is 6.10 Å². The number of benzene rings is 1. The zero-order chi connectivity index (χ0) is 18.0. The number of rotatable bonds is 5. The van der Waals surface area contributed by atoms with Crippen LogP contribution in [0.4, 0.5) is 0 Å². The summed E-state index contributed by atoms with van der Waals surface area (Å²) in [6.45, 7) is 5.47. The standard InChI is InChI=1S/C20H29N3O3/c24-19(26-18-14-23-10-6-15(18)7-11-23)20(25,16-4-2-1-3-5-16)12-17-13-21-8-9-22-17/h1-5,15,17-18,21-22,25H,6-14H2/t17?,18-,20?/m0/s1. The SMILES string of the molecule is O=C(O[C@H]1CN2CCC1CC2)C(O)(CC1CNCCN1)c1ccccc1. The number of nitrogens with one attached hydrogen (secondary N) is 2. The van der Waals surface area contributed by atoms with Gasteiger partial charge in [-0.2, -0.15) is 0 Å². The molecule has 6 nitrogen and oxygen atoms in total. The van der Waals surface area contributed by atoms with E-state index in [2.05, 4.69) is 15.5 Å². The molecule has 4 saturated heterocycles. The van der Waals surface area contributed by atoms with Crippen molar-refractivity contribution in [1.29, 1.82) is 0 Å². The van der Waals surface area contributed by atoms with Gasteiger partial charge in [0, 0.05) is 38.6 Å². The van der Waals surface area contributed by atoms with E-state index in [1.807, 2.05) is 30.3 Å². The van der Waals surface area contributed by atoms with Crippen molar-refractivity contribution in [3.8, 4) is 0 Å². The van der Waals surface area contributed by atoms with Gasteiger partial charge >= 0.3 is 5.97 Å². The van der Waals surface area contributed by atoms with Gasteiger partial charge in [-0.1, -0.05) is 30.3 Å². The first kappa shape index (κ1) is 17.9. The summed E-state index contributed by atoms with van der Waals surface area (Å²) < 4.78 is 5.91. The van der Waals surface area contributed by atoms with Crippen LogP contribution in [0.3, 0.4) is 0 Å². The Morgan fingerprint density at radius 3 is 2.62 bits per heavy atom. The van der Waals surface area contributed by atoms with Crippen molar-refractivity contribution in [2.45, 2.75) is 37.0 Å². The molecule has 4 fully saturated rings. The lowest BCUT2D eigenvalue weighted by molar-refractivity contribution is -0.183. The lowest BCUT2D eigenvalue weighted by atomic mass is 9.84. The van der Waals surface area contributed by atoms with Crippen LogP contribution in [0.2, 0.25) is 0 Å². The Balaban J connectivity index is 1.52. The third kappa shape index (κ3) is 3.64. The minimum atomic E-state index is -1.62. The number of carbonyl (C=O) groups is 1. The fourth-order valence-corrected chi connectivity index (χ4v) is 4.53. The second-order valence-electron chi connectivity index (χ2n) is 7.87. The fraction of sp³-hybridized carbons (Fsp3) is 0.650. The van der Waals surface area contributed by atoms with Crippen LogP contribution in [-0.4, -0.2) is 67.4 Å². The normalized spacial score (nSPS) is 33.4. The molecule has 4 heterocycles. The molecule has 0 aromatic heterocycles. The van der Waals surface area contributed by atoms with Gasteiger partial charge in [0.2, 0.25) is 0 Å². The van der Waals surface area contributed by atoms with Gasteiger partial charge in [-0.3, -0.25) is 4.90 Å². The Morgan fingerprint density at radius 2 is 2.00 bits per heavy atom. The summed E-state index contributed by atoms with van der Waals surface area (Å²) in [6, 6.07) is 9.27. The van der Waals surface area contributed by atoms with Crippen molar-refractivity contribution in [2.75, 3.05) is 39.3 Å². The van der Waals surface area contributed by atoms with E-state index in [9.17, 15) is 9.90 Å². The molecule has 0 spiro atoms. The van der Waals surface area contributed by atoms with Crippen LogP contribution in [-0.2, 0) is 15.1 Å². The number of esters is 1. The number of piperazine rings is 1. The number of hydrogen-bond donors (Lipinski definition) is 3. The number of hydrogen-bond acceptors (Lipinski definition) is 6. The number of aliphatic hydroxyl groups is 1. The van der Waals surface area contributed by atoms with E-state index >= 15 is 0 Å². The number of ether oxygens (including phenoxy) is 1. The molecule has 1 aromatic rings. The molecule has 0 saturated carbocycles. The topological polar surface area (TPSA) is 73.8 Å². The summed E-state index contributed by atoms with van der Waals surface area (Å²) in [5, 5.41) is 18.2. The Morgan fingerprint density at radius 1 is 1.23 bits per heavy atom. The molecule has 3 N–H and O–H groups in total. The van der Waals surface area contributed by atoms with E-state index in [0.717, 1.165) is 52.1 Å². The van der Waals surface area contributed by atoms with Gasteiger partial charge < -0.3 is 20.5 Å². The average Bonchev–Trinajstić information content (AvgIpc) is 2.70. The zero-order valence-corrected chi connectivity index (χ0v) is 15.2. The molecular weight excluding hydrogens is 330 g/mol. The van der Waals surface area contributed by atoms with E-state index < -0.39 is 11.6 Å². The van der Waals surface area contributed by atoms with Crippen molar-refractivity contribution in [3.05, 3.63) is 35.9 Å². The summed E-state index contributed by atoms with van der Waals surface area (Å²) in [5.74, 6) is -0.0757. The van der Waals surface area contributed by atoms with E-state index in [-0.39, 0.29) is 12.1 Å². The van der Waals surface area contributed by atoms with Gasteiger partial charge in [0.15, 0.2) is 5.60 Å². The van der Waals surface area contributed by atoms with E-state index in [4.69, 9.17) is 4.74 Å². The molecular formula is C20H29N3O3. The number of piperidine rings is 3. The minimum absolute atomic E-state index is 0.0352. The average molecular weight is 359 g/mol. The molecule has 4 aliphatic rings. The molecule has 2 bridgehead atoms. The molecule has 2 unspecified atom stereocenters. The molecule has 4 aliphatic heterocycles. The smallest absolute Gasteiger partial charge is 0.343 e. The van der Waals surface area contributed by atoms with Crippen molar-refractivity contribution in [3.63, 3.8) is 0 Å². The molecule has 0 amide bonds. The molecule has 5 rings (SSSR count). The van der Waals surface area contributed by atoms with Crippen LogP contribution >= 0.6 is 0 Å². The van der Waals surface area contributed by atoms with Gasteiger partial charge in [-0.15, -0.1) is 0 Å². The highest BCUT2D eigenvalue weighted by Gasteiger charge is 2.45. The molecule has 0 radical (unpaired) electrons. The van der Waals surface area contributed by atoms with Crippen LogP contribution in [0, 0.1) is 5.92 Å². The van der Waals surface area contributed by atoms with Crippen molar-refractivity contribution in [1.82, 2.24) is 15.5 Å².